The number of fused-ring (bicyclic) bond motifs is 2. The number of carbonyl (C=O) groups excluding carboxylic acids is 2. The summed E-state index contributed by atoms with van der Waals surface area (Å²) in [5, 5.41) is 7.54. The van der Waals surface area contributed by atoms with E-state index in [4.69, 9.17) is 0 Å². The van der Waals surface area contributed by atoms with Crippen LogP contribution in [-0.4, -0.2) is 75.2 Å². The molecule has 0 saturated carbocycles. The fraction of sp³-hybridized carbons (Fsp3) is 0.409. The highest BCUT2D eigenvalue weighted by molar-refractivity contribution is 6.11. The number of aryl methyl sites for hydroxylation is 1. The molecule has 2 aliphatic rings. The van der Waals surface area contributed by atoms with E-state index < -0.39 is 23.7 Å². The molecule has 4 heterocycles. The Hall–Kier alpha value is -3.74. The third kappa shape index (κ3) is 4.16. The molecular formula is C22H23F3N8O2. The first-order valence-electron chi connectivity index (χ1n) is 11.1. The molecule has 1 N–H and O–H groups in total. The van der Waals surface area contributed by atoms with Crippen molar-refractivity contribution >= 4 is 40.0 Å². The van der Waals surface area contributed by atoms with Crippen LogP contribution in [0.1, 0.15) is 12.5 Å². The Kier molecular flexibility index (Phi) is 5.58. The van der Waals surface area contributed by atoms with Gasteiger partial charge >= 0.3 is 6.18 Å². The minimum absolute atomic E-state index is 0.0225. The average molecular weight is 488 g/mol. The predicted octanol–water partition coefficient (Wildman–Crippen LogP) is 1.88. The molecule has 10 nitrogen and oxygen atoms in total. The van der Waals surface area contributed by atoms with Crippen molar-refractivity contribution in [3.8, 4) is 0 Å². The third-order valence-electron chi connectivity index (χ3n) is 6.48. The zero-order valence-electron chi connectivity index (χ0n) is 19.1. The van der Waals surface area contributed by atoms with E-state index in [1.807, 2.05) is 11.9 Å². The molecule has 3 aromatic rings. The normalized spacial score (nSPS) is 17.9. The highest BCUT2D eigenvalue weighted by Gasteiger charge is 2.36. The maximum absolute atomic E-state index is 13.4. The summed E-state index contributed by atoms with van der Waals surface area (Å²) in [6.07, 6.45) is -1.32. The molecule has 0 aliphatic carbocycles. The summed E-state index contributed by atoms with van der Waals surface area (Å²) in [5.41, 5.74) is 0.0814. The molecule has 5 rings (SSSR count). The Morgan fingerprint density at radius 1 is 1.14 bits per heavy atom. The maximum atomic E-state index is 13.4. The lowest BCUT2D eigenvalue weighted by Crippen LogP contribution is -2.56. The first-order chi connectivity index (χ1) is 16.6. The number of aromatic nitrogens is 4. The van der Waals surface area contributed by atoms with Gasteiger partial charge < -0.3 is 10.2 Å². The van der Waals surface area contributed by atoms with E-state index in [0.29, 0.717) is 26.2 Å². The lowest BCUT2D eigenvalue weighted by atomic mass is 10.1. The van der Waals surface area contributed by atoms with Gasteiger partial charge in [-0.05, 0) is 25.1 Å². The smallest absolute Gasteiger partial charge is 0.353 e. The van der Waals surface area contributed by atoms with Crippen molar-refractivity contribution in [2.45, 2.75) is 19.1 Å². The zero-order chi connectivity index (χ0) is 24.9. The van der Waals surface area contributed by atoms with Gasteiger partial charge in [-0.1, -0.05) is 0 Å². The Morgan fingerprint density at radius 2 is 1.89 bits per heavy atom. The van der Waals surface area contributed by atoms with Crippen molar-refractivity contribution in [3.63, 3.8) is 0 Å². The van der Waals surface area contributed by atoms with Crippen molar-refractivity contribution in [1.82, 2.24) is 24.6 Å². The molecule has 0 spiro atoms. The molecule has 0 unspecified atom stereocenters. The number of anilines is 3. The van der Waals surface area contributed by atoms with E-state index in [0.717, 1.165) is 29.0 Å². The summed E-state index contributed by atoms with van der Waals surface area (Å²) in [4.78, 5) is 39.6. The van der Waals surface area contributed by atoms with Crippen LogP contribution in [0.15, 0.2) is 30.7 Å². The molecule has 0 radical (unpaired) electrons. The maximum Gasteiger partial charge on any atom is 0.416 e. The fourth-order valence-corrected chi connectivity index (χ4v) is 4.57. The number of nitrogens with one attached hydrogen (secondary N) is 1. The highest BCUT2D eigenvalue weighted by Crippen LogP contribution is 2.37. The number of halogens is 3. The number of carbonyl (C=O) groups is 2. The number of hydrogen-bond donors (Lipinski definition) is 1. The van der Waals surface area contributed by atoms with Crippen LogP contribution in [-0.2, 0) is 22.8 Å². The molecule has 1 atom stereocenters. The minimum Gasteiger partial charge on any atom is -0.353 e. The number of rotatable bonds is 3. The lowest BCUT2D eigenvalue weighted by Gasteiger charge is -2.40. The molecule has 1 saturated heterocycles. The summed E-state index contributed by atoms with van der Waals surface area (Å²) in [5.74, 6) is -0.0961. The van der Waals surface area contributed by atoms with Gasteiger partial charge in [-0.2, -0.15) is 18.3 Å². The fourth-order valence-electron chi connectivity index (χ4n) is 4.57. The second-order valence-electron chi connectivity index (χ2n) is 8.60. The number of alkyl halides is 3. The molecule has 1 aromatic carbocycles. The summed E-state index contributed by atoms with van der Waals surface area (Å²) in [6.45, 7) is 3.87. The van der Waals surface area contributed by atoms with Gasteiger partial charge in [-0.3, -0.25) is 24.1 Å². The van der Waals surface area contributed by atoms with Gasteiger partial charge in [0.15, 0.2) is 5.65 Å². The first kappa shape index (κ1) is 23.0. The lowest BCUT2D eigenvalue weighted by molar-refractivity contribution is -0.137. The number of amides is 2. The Balaban J connectivity index is 1.31. The SMILES string of the molecule is C[C@@H](C(=O)N1CC(=O)Nc2cc(C(F)(F)F)ccc21)N1CCN(c2ncnc3c2cnn3C)CC1. The third-order valence-corrected chi connectivity index (χ3v) is 6.48. The Bertz CT molecular complexity index is 1300. The van der Waals surface area contributed by atoms with Crippen molar-refractivity contribution in [2.75, 3.05) is 47.8 Å². The van der Waals surface area contributed by atoms with E-state index in [9.17, 15) is 22.8 Å². The molecule has 35 heavy (non-hydrogen) atoms. The quantitative estimate of drug-likeness (QED) is 0.601. The van der Waals surface area contributed by atoms with Crippen LogP contribution in [0.2, 0.25) is 0 Å². The van der Waals surface area contributed by atoms with Crippen molar-refractivity contribution in [3.05, 3.63) is 36.3 Å². The number of piperazine rings is 1. The predicted molar refractivity (Wildman–Crippen MR) is 122 cm³/mol. The van der Waals surface area contributed by atoms with Crippen LogP contribution in [0.3, 0.4) is 0 Å². The summed E-state index contributed by atoms with van der Waals surface area (Å²) < 4.78 is 41.0. The van der Waals surface area contributed by atoms with Crippen LogP contribution < -0.4 is 15.1 Å². The van der Waals surface area contributed by atoms with Crippen molar-refractivity contribution in [1.29, 1.82) is 0 Å². The second kappa shape index (κ2) is 8.48. The minimum atomic E-state index is -4.55. The highest BCUT2D eigenvalue weighted by atomic mass is 19.4. The Morgan fingerprint density at radius 3 is 2.60 bits per heavy atom. The molecule has 2 amide bonds. The molecule has 2 aromatic heterocycles. The van der Waals surface area contributed by atoms with Crippen LogP contribution in [0.5, 0.6) is 0 Å². The van der Waals surface area contributed by atoms with E-state index in [-0.39, 0.29) is 23.8 Å². The summed E-state index contributed by atoms with van der Waals surface area (Å²) in [7, 11) is 1.81. The van der Waals surface area contributed by atoms with Crippen LogP contribution in [0.25, 0.3) is 11.0 Å². The average Bonchev–Trinajstić information content (AvgIpc) is 3.22. The van der Waals surface area contributed by atoms with E-state index in [1.165, 1.54) is 17.3 Å². The number of hydrogen-bond acceptors (Lipinski definition) is 7. The van der Waals surface area contributed by atoms with Gasteiger partial charge in [0.1, 0.15) is 18.7 Å². The van der Waals surface area contributed by atoms with Gasteiger partial charge in [-0.25, -0.2) is 9.97 Å². The van der Waals surface area contributed by atoms with E-state index in [1.54, 1.807) is 17.8 Å². The van der Waals surface area contributed by atoms with Crippen molar-refractivity contribution in [2.24, 2.45) is 7.05 Å². The van der Waals surface area contributed by atoms with Gasteiger partial charge in [0.05, 0.1) is 34.6 Å². The first-order valence-corrected chi connectivity index (χ1v) is 11.1. The summed E-state index contributed by atoms with van der Waals surface area (Å²) >= 11 is 0. The van der Waals surface area contributed by atoms with E-state index >= 15 is 0 Å². The Labute approximate surface area is 198 Å². The van der Waals surface area contributed by atoms with Crippen LogP contribution in [0, 0.1) is 0 Å². The van der Waals surface area contributed by atoms with Crippen LogP contribution in [0.4, 0.5) is 30.4 Å². The van der Waals surface area contributed by atoms with Crippen LogP contribution >= 0.6 is 0 Å². The monoisotopic (exact) mass is 488 g/mol. The zero-order valence-corrected chi connectivity index (χ0v) is 19.1. The van der Waals surface area contributed by atoms with Gasteiger partial charge in [0.2, 0.25) is 11.8 Å². The largest absolute Gasteiger partial charge is 0.416 e. The van der Waals surface area contributed by atoms with Gasteiger partial charge in [0, 0.05) is 33.2 Å². The molecular weight excluding hydrogens is 465 g/mol. The topological polar surface area (TPSA) is 99.5 Å². The van der Waals surface area contributed by atoms with Crippen molar-refractivity contribution < 1.29 is 22.8 Å². The van der Waals surface area contributed by atoms with Gasteiger partial charge in [0.25, 0.3) is 0 Å². The summed E-state index contributed by atoms with van der Waals surface area (Å²) in [6, 6.07) is 2.44. The molecule has 1 fully saturated rings. The standard InChI is InChI=1S/C22H23F3N8O2/c1-13(21(35)33-11-18(34)29-16-9-14(22(23,24)25)3-4-17(16)33)31-5-7-32(8-6-31)20-15-10-28-30(2)19(15)26-12-27-20/h3-4,9-10,12-13H,5-8,11H2,1-2H3,(H,29,34)/t13-/m0/s1. The number of nitrogens with zero attached hydrogens (tertiary/aromatic N) is 7. The number of benzene rings is 1. The second-order valence-corrected chi connectivity index (χ2v) is 8.60. The molecule has 0 bridgehead atoms. The molecule has 13 heteroatoms. The van der Waals surface area contributed by atoms with E-state index in [2.05, 4.69) is 25.3 Å². The molecule has 184 valence electrons. The molecule has 2 aliphatic heterocycles. The van der Waals surface area contributed by atoms with Gasteiger partial charge in [-0.15, -0.1) is 0 Å².